The maximum Gasteiger partial charge on any atom is 0.309 e. The van der Waals surface area contributed by atoms with E-state index >= 15 is 0 Å². The lowest BCUT2D eigenvalue weighted by Crippen LogP contribution is -2.69. The van der Waals surface area contributed by atoms with Crippen molar-refractivity contribution in [1.82, 2.24) is 0 Å². The van der Waals surface area contributed by atoms with Crippen LogP contribution in [0.5, 0.6) is 0 Å². The van der Waals surface area contributed by atoms with Crippen molar-refractivity contribution in [2.45, 2.75) is 108 Å². The molecule has 35 heavy (non-hydrogen) atoms. The molecular formula is C28H40O7. The molecule has 13 atom stereocenters. The molecule has 6 aliphatic rings. The van der Waals surface area contributed by atoms with E-state index < -0.39 is 39.8 Å². The van der Waals surface area contributed by atoms with Gasteiger partial charge in [-0.2, -0.15) is 0 Å². The molecule has 3 saturated carbocycles. The Morgan fingerprint density at radius 3 is 2.46 bits per heavy atom. The van der Waals surface area contributed by atoms with Crippen LogP contribution in [0.4, 0.5) is 0 Å². The Balaban J connectivity index is 1.34. The number of hydrogen-bond donors (Lipinski definition) is 3. The molecule has 2 saturated heterocycles. The van der Waals surface area contributed by atoms with Gasteiger partial charge in [-0.05, 0) is 88.2 Å². The Bertz CT molecular complexity index is 1010. The minimum absolute atomic E-state index is 0.0288. The van der Waals surface area contributed by atoms with Crippen molar-refractivity contribution in [3.05, 3.63) is 12.2 Å². The van der Waals surface area contributed by atoms with Crippen LogP contribution in [0, 0.1) is 40.4 Å². The fraction of sp³-hybridized carbons (Fsp3) is 0.857. The van der Waals surface area contributed by atoms with Crippen molar-refractivity contribution in [1.29, 1.82) is 0 Å². The molecule has 7 nitrogen and oxygen atoms in total. The van der Waals surface area contributed by atoms with Gasteiger partial charge in [0.15, 0.2) is 5.78 Å². The van der Waals surface area contributed by atoms with Crippen molar-refractivity contribution in [3.63, 3.8) is 0 Å². The van der Waals surface area contributed by atoms with Crippen LogP contribution in [-0.4, -0.2) is 62.2 Å². The first kappa shape index (κ1) is 24.1. The highest BCUT2D eigenvalue weighted by atomic mass is 16.6. The van der Waals surface area contributed by atoms with E-state index in [2.05, 4.69) is 6.92 Å². The van der Waals surface area contributed by atoms with Crippen LogP contribution < -0.4 is 0 Å². The highest BCUT2D eigenvalue weighted by Crippen LogP contribution is 2.74. The van der Waals surface area contributed by atoms with Gasteiger partial charge in [-0.25, -0.2) is 0 Å². The number of carbonyl (C=O) groups excluding carboxylic acids is 2. The van der Waals surface area contributed by atoms with Gasteiger partial charge >= 0.3 is 5.97 Å². The quantitative estimate of drug-likeness (QED) is 0.404. The number of aliphatic hydroxyl groups excluding tert-OH is 1. The molecule has 0 radical (unpaired) electrons. The Morgan fingerprint density at radius 2 is 1.77 bits per heavy atom. The van der Waals surface area contributed by atoms with E-state index in [1.54, 1.807) is 13.0 Å². The second kappa shape index (κ2) is 6.97. The molecule has 1 unspecified atom stereocenters. The number of fused-ring (bicyclic) bond motifs is 4. The molecule has 1 spiro atoms. The van der Waals surface area contributed by atoms with Crippen molar-refractivity contribution in [2.75, 3.05) is 0 Å². The van der Waals surface area contributed by atoms with Gasteiger partial charge in [-0.1, -0.05) is 20.8 Å². The van der Waals surface area contributed by atoms with Crippen molar-refractivity contribution in [3.8, 4) is 0 Å². The van der Waals surface area contributed by atoms with Gasteiger partial charge in [0.05, 0.1) is 17.4 Å². The van der Waals surface area contributed by atoms with E-state index in [4.69, 9.17) is 9.47 Å². The van der Waals surface area contributed by atoms with Gasteiger partial charge < -0.3 is 24.8 Å². The molecule has 0 aromatic carbocycles. The summed E-state index contributed by atoms with van der Waals surface area (Å²) < 4.78 is 11.9. The van der Waals surface area contributed by atoms with E-state index in [1.165, 1.54) is 6.08 Å². The van der Waals surface area contributed by atoms with Gasteiger partial charge in [0.25, 0.3) is 0 Å². The second-order valence-corrected chi connectivity index (χ2v) is 13.3. The van der Waals surface area contributed by atoms with Crippen molar-refractivity contribution in [2.24, 2.45) is 40.4 Å². The summed E-state index contributed by atoms with van der Waals surface area (Å²) in [5.74, 6) is -0.146. The summed E-state index contributed by atoms with van der Waals surface area (Å²) >= 11 is 0. The van der Waals surface area contributed by atoms with Crippen LogP contribution in [0.3, 0.4) is 0 Å². The van der Waals surface area contributed by atoms with Crippen LogP contribution in [0.15, 0.2) is 12.2 Å². The van der Waals surface area contributed by atoms with Crippen LogP contribution >= 0.6 is 0 Å². The van der Waals surface area contributed by atoms with E-state index in [0.717, 1.165) is 12.8 Å². The number of esters is 1. The number of cyclic esters (lactones) is 1. The third-order valence-electron chi connectivity index (χ3n) is 12.3. The fourth-order valence-electron chi connectivity index (χ4n) is 9.72. The zero-order valence-electron chi connectivity index (χ0n) is 21.5. The van der Waals surface area contributed by atoms with Gasteiger partial charge in [0.2, 0.25) is 0 Å². The molecule has 2 aliphatic heterocycles. The first-order chi connectivity index (χ1) is 16.3. The number of epoxide rings is 1. The first-order valence-corrected chi connectivity index (χ1v) is 13.5. The highest BCUT2D eigenvalue weighted by molar-refractivity contribution is 5.98. The van der Waals surface area contributed by atoms with Crippen molar-refractivity contribution < 1.29 is 34.4 Å². The van der Waals surface area contributed by atoms with E-state index in [1.807, 2.05) is 20.8 Å². The van der Waals surface area contributed by atoms with E-state index in [9.17, 15) is 24.9 Å². The molecular weight excluding hydrogens is 448 g/mol. The van der Waals surface area contributed by atoms with Gasteiger partial charge in [0, 0.05) is 5.41 Å². The first-order valence-electron chi connectivity index (χ1n) is 13.5. The van der Waals surface area contributed by atoms with E-state index in [0.29, 0.717) is 25.7 Å². The Labute approximate surface area is 207 Å². The molecule has 4 aliphatic carbocycles. The average molecular weight is 489 g/mol. The summed E-state index contributed by atoms with van der Waals surface area (Å²) in [5, 5.41) is 35.1. The minimum atomic E-state index is -1.59. The smallest absolute Gasteiger partial charge is 0.309 e. The standard InChI is InChI=1S/C28H40O7/c1-14-12-21(34-23(31)15(14)2)26(5,32)27(33)11-9-17-16-13-22-28(35-22)20(30)7-6-19(29)25(28,4)18(16)8-10-24(17,27)3/h6-7,14-18,20-22,30,32-33H,8-13H2,1-5H3/t14-,15+,16-,17-,18-,20-,21?,22+,24-,25-,26-,27+,28+/m0/s1. The third kappa shape index (κ3) is 2.56. The monoisotopic (exact) mass is 488 g/mol. The number of carbonyl (C=O) groups is 2. The molecule has 0 amide bonds. The lowest BCUT2D eigenvalue weighted by Gasteiger charge is -2.61. The van der Waals surface area contributed by atoms with Gasteiger partial charge in [-0.3, -0.25) is 9.59 Å². The molecule has 2 heterocycles. The summed E-state index contributed by atoms with van der Waals surface area (Å²) in [4.78, 5) is 25.8. The predicted octanol–water partition coefficient (Wildman–Crippen LogP) is 2.55. The number of aliphatic hydroxyl groups is 3. The number of ketones is 1. The summed E-state index contributed by atoms with van der Waals surface area (Å²) in [6, 6.07) is 0. The maximum absolute atomic E-state index is 13.3. The highest BCUT2D eigenvalue weighted by Gasteiger charge is 2.81. The lowest BCUT2D eigenvalue weighted by atomic mass is 9.43. The predicted molar refractivity (Wildman–Crippen MR) is 126 cm³/mol. The normalized spacial score (nSPS) is 58.4. The lowest BCUT2D eigenvalue weighted by molar-refractivity contribution is -0.261. The number of rotatable bonds is 2. The summed E-state index contributed by atoms with van der Waals surface area (Å²) in [6.45, 7) is 9.56. The van der Waals surface area contributed by atoms with E-state index in [-0.39, 0.29) is 47.4 Å². The minimum Gasteiger partial charge on any atom is -0.459 e. The maximum atomic E-state index is 13.3. The molecule has 7 heteroatoms. The zero-order valence-corrected chi connectivity index (χ0v) is 21.5. The Kier molecular flexibility index (Phi) is 4.80. The summed E-state index contributed by atoms with van der Waals surface area (Å²) in [6.07, 6.45) is 5.20. The van der Waals surface area contributed by atoms with Crippen molar-refractivity contribution >= 4 is 11.8 Å². The topological polar surface area (TPSA) is 117 Å². The molecule has 3 N–H and O–H groups in total. The number of allylic oxidation sites excluding steroid dienone is 1. The molecule has 194 valence electrons. The fourth-order valence-corrected chi connectivity index (χ4v) is 9.72. The molecule has 0 aromatic rings. The van der Waals surface area contributed by atoms with Gasteiger partial charge in [-0.15, -0.1) is 0 Å². The molecule has 0 bridgehead atoms. The second-order valence-electron chi connectivity index (χ2n) is 13.3. The third-order valence-corrected chi connectivity index (χ3v) is 12.3. The Morgan fingerprint density at radius 1 is 1.09 bits per heavy atom. The van der Waals surface area contributed by atoms with Crippen LogP contribution in [-0.2, 0) is 19.1 Å². The van der Waals surface area contributed by atoms with Crippen LogP contribution in [0.2, 0.25) is 0 Å². The molecule has 5 fully saturated rings. The average Bonchev–Trinajstić information content (AvgIpc) is 3.47. The number of hydrogen-bond acceptors (Lipinski definition) is 7. The van der Waals surface area contributed by atoms with Crippen LogP contribution in [0.1, 0.15) is 73.1 Å². The molecule has 6 rings (SSSR count). The zero-order chi connectivity index (χ0) is 25.3. The largest absolute Gasteiger partial charge is 0.459 e. The summed E-state index contributed by atoms with van der Waals surface area (Å²) in [5.41, 5.74) is -5.21. The summed E-state index contributed by atoms with van der Waals surface area (Å²) in [7, 11) is 0. The number of ether oxygens (including phenoxy) is 2. The SMILES string of the molecule is C[C@H]1CC([C@](C)(O)[C@@]2(O)CC[C@H]3[C@@H]4C[C@H]5O[C@]56[C@@H](O)C=CC(=O)[C@]6(C)[C@H]4CC[C@@]32C)OC(=O)[C@@H]1C. The van der Waals surface area contributed by atoms with Gasteiger partial charge in [0.1, 0.15) is 29.0 Å². The molecule has 0 aromatic heterocycles. The Hall–Kier alpha value is -1.28. The van der Waals surface area contributed by atoms with Crippen LogP contribution in [0.25, 0.3) is 0 Å².